The number of aliphatic hydroxyl groups is 1. The maximum atomic E-state index is 13.4. The molecule has 1 saturated heterocycles. The van der Waals surface area contributed by atoms with Gasteiger partial charge in [0, 0.05) is 29.5 Å². The normalized spacial score (nSPS) is 21.0. The summed E-state index contributed by atoms with van der Waals surface area (Å²) in [5, 5.41) is 9.36. The molecule has 1 heterocycles. The summed E-state index contributed by atoms with van der Waals surface area (Å²) in [5.41, 5.74) is 1.80. The van der Waals surface area contributed by atoms with E-state index in [1.807, 2.05) is 17.0 Å². The van der Waals surface area contributed by atoms with E-state index >= 15 is 0 Å². The number of nitrogens with zero attached hydrogens (tertiary/aromatic N) is 1. The first kappa shape index (κ1) is 21.0. The predicted molar refractivity (Wildman–Crippen MR) is 113 cm³/mol. The lowest BCUT2D eigenvalue weighted by molar-refractivity contribution is -0.139. The number of hydrogen-bond acceptors (Lipinski definition) is 2. The average molecular weight is 448 g/mol. The van der Waals surface area contributed by atoms with E-state index in [0.717, 1.165) is 34.9 Å². The van der Waals surface area contributed by atoms with Crippen LogP contribution < -0.4 is 0 Å². The summed E-state index contributed by atoms with van der Waals surface area (Å²) in [4.78, 5) is 15.2. The van der Waals surface area contributed by atoms with Crippen molar-refractivity contribution in [1.82, 2.24) is 4.90 Å². The molecule has 3 nitrogen and oxygen atoms in total. The minimum absolute atomic E-state index is 0.0599. The van der Waals surface area contributed by atoms with E-state index in [9.17, 15) is 14.3 Å². The van der Waals surface area contributed by atoms with Gasteiger partial charge in [0.2, 0.25) is 5.91 Å². The lowest BCUT2D eigenvalue weighted by Crippen LogP contribution is -2.47. The van der Waals surface area contributed by atoms with Crippen molar-refractivity contribution in [1.29, 1.82) is 0 Å². The van der Waals surface area contributed by atoms with E-state index in [4.69, 9.17) is 0 Å². The second kappa shape index (κ2) is 9.19. The molecule has 0 radical (unpaired) electrons. The number of hydrogen-bond donors (Lipinski definition) is 1. The van der Waals surface area contributed by atoms with Gasteiger partial charge >= 0.3 is 0 Å². The standard InChI is InChI=1S/C23H27BrFNO2/c1-2-21(17-4-8-19(24)9-5-17)26-14-13-23(12-3-15-27,16-22(26)28)18-6-10-20(25)11-7-18/h4-11,21,27H,2-3,12-16H2,1H3/t21-,23?/m0/s1. The molecule has 3 rings (SSSR count). The summed E-state index contributed by atoms with van der Waals surface area (Å²) < 4.78 is 14.4. The molecule has 2 aromatic carbocycles. The highest BCUT2D eigenvalue weighted by molar-refractivity contribution is 9.10. The van der Waals surface area contributed by atoms with Crippen molar-refractivity contribution in [2.75, 3.05) is 13.2 Å². The fourth-order valence-electron chi connectivity index (χ4n) is 4.41. The maximum absolute atomic E-state index is 13.4. The number of carbonyl (C=O) groups excluding carboxylic acids is 1. The third-order valence-electron chi connectivity index (χ3n) is 5.93. The van der Waals surface area contributed by atoms with Crippen LogP contribution in [-0.2, 0) is 10.2 Å². The Balaban J connectivity index is 1.85. The largest absolute Gasteiger partial charge is 0.396 e. The Kier molecular flexibility index (Phi) is 6.89. The van der Waals surface area contributed by atoms with Crippen LogP contribution in [0.5, 0.6) is 0 Å². The van der Waals surface area contributed by atoms with Crippen LogP contribution in [0.15, 0.2) is 53.0 Å². The van der Waals surface area contributed by atoms with E-state index in [-0.39, 0.29) is 29.8 Å². The van der Waals surface area contributed by atoms with Crippen LogP contribution in [0.1, 0.15) is 56.2 Å². The fraction of sp³-hybridized carbons (Fsp3) is 0.435. The molecule has 2 atom stereocenters. The van der Waals surface area contributed by atoms with E-state index in [1.165, 1.54) is 12.1 Å². The molecule has 0 spiro atoms. The smallest absolute Gasteiger partial charge is 0.223 e. The number of likely N-dealkylation sites (tertiary alicyclic amines) is 1. The number of piperidine rings is 1. The van der Waals surface area contributed by atoms with Gasteiger partial charge < -0.3 is 10.0 Å². The molecular weight excluding hydrogens is 421 g/mol. The van der Waals surface area contributed by atoms with Crippen molar-refractivity contribution in [2.45, 2.75) is 50.5 Å². The predicted octanol–water partition coefficient (Wildman–Crippen LogP) is 5.37. The Bertz CT molecular complexity index is 793. The fourth-order valence-corrected chi connectivity index (χ4v) is 4.68. The number of amides is 1. The first-order valence-corrected chi connectivity index (χ1v) is 10.7. The monoisotopic (exact) mass is 447 g/mol. The number of rotatable bonds is 7. The van der Waals surface area contributed by atoms with Gasteiger partial charge in [-0.05, 0) is 61.1 Å². The minimum Gasteiger partial charge on any atom is -0.396 e. The van der Waals surface area contributed by atoms with Gasteiger partial charge in [0.15, 0.2) is 0 Å². The van der Waals surface area contributed by atoms with E-state index < -0.39 is 0 Å². The van der Waals surface area contributed by atoms with Crippen molar-refractivity contribution < 1.29 is 14.3 Å². The number of carbonyl (C=O) groups is 1. The van der Waals surface area contributed by atoms with Gasteiger partial charge in [0.1, 0.15) is 5.82 Å². The third kappa shape index (κ3) is 4.47. The molecular formula is C23H27BrFNO2. The zero-order valence-electron chi connectivity index (χ0n) is 16.2. The van der Waals surface area contributed by atoms with Gasteiger partial charge in [0.05, 0.1) is 6.04 Å². The van der Waals surface area contributed by atoms with Gasteiger partial charge in [-0.2, -0.15) is 0 Å². The summed E-state index contributed by atoms with van der Waals surface area (Å²) in [5.74, 6) is -0.144. The highest BCUT2D eigenvalue weighted by atomic mass is 79.9. The van der Waals surface area contributed by atoms with Crippen molar-refractivity contribution in [3.63, 3.8) is 0 Å². The van der Waals surface area contributed by atoms with Crippen molar-refractivity contribution in [2.24, 2.45) is 0 Å². The average Bonchev–Trinajstić information content (AvgIpc) is 2.70. The first-order valence-electron chi connectivity index (χ1n) is 9.91. The molecule has 1 aliphatic heterocycles. The first-order chi connectivity index (χ1) is 13.5. The van der Waals surface area contributed by atoms with Gasteiger partial charge in [-0.3, -0.25) is 4.79 Å². The summed E-state index contributed by atoms with van der Waals surface area (Å²) in [6.45, 7) is 2.86. The molecule has 1 aliphatic rings. The van der Waals surface area contributed by atoms with Crippen LogP contribution in [0.25, 0.3) is 0 Å². The Morgan fingerprint density at radius 3 is 2.43 bits per heavy atom. The molecule has 2 aromatic rings. The Morgan fingerprint density at radius 1 is 1.18 bits per heavy atom. The molecule has 1 unspecified atom stereocenters. The zero-order valence-corrected chi connectivity index (χ0v) is 17.8. The minimum atomic E-state index is -0.331. The molecule has 150 valence electrons. The highest BCUT2D eigenvalue weighted by Crippen LogP contribution is 2.42. The zero-order chi connectivity index (χ0) is 20.1. The van der Waals surface area contributed by atoms with Crippen molar-refractivity contribution in [3.05, 3.63) is 69.9 Å². The molecule has 1 fully saturated rings. The second-order valence-electron chi connectivity index (χ2n) is 7.60. The van der Waals surface area contributed by atoms with Gasteiger partial charge in [-0.15, -0.1) is 0 Å². The molecule has 0 bridgehead atoms. The van der Waals surface area contributed by atoms with Crippen molar-refractivity contribution >= 4 is 21.8 Å². The number of aliphatic hydroxyl groups excluding tert-OH is 1. The molecule has 1 amide bonds. The SMILES string of the molecule is CC[C@@H](c1ccc(Br)cc1)N1CCC(CCCO)(c2ccc(F)cc2)CC1=O. The topological polar surface area (TPSA) is 40.5 Å². The summed E-state index contributed by atoms with van der Waals surface area (Å²) in [6, 6.07) is 14.7. The second-order valence-corrected chi connectivity index (χ2v) is 8.52. The Labute approximate surface area is 174 Å². The quantitative estimate of drug-likeness (QED) is 0.619. The summed E-state index contributed by atoms with van der Waals surface area (Å²) >= 11 is 3.47. The van der Waals surface area contributed by atoms with Crippen LogP contribution >= 0.6 is 15.9 Å². The lowest BCUT2D eigenvalue weighted by atomic mass is 9.69. The molecule has 28 heavy (non-hydrogen) atoms. The molecule has 5 heteroatoms. The van der Waals surface area contributed by atoms with Crippen LogP contribution in [0.4, 0.5) is 4.39 Å². The van der Waals surface area contributed by atoms with Crippen molar-refractivity contribution in [3.8, 4) is 0 Å². The Morgan fingerprint density at radius 2 is 1.86 bits per heavy atom. The van der Waals surface area contributed by atoms with Gasteiger partial charge in [-0.1, -0.05) is 47.1 Å². The van der Waals surface area contributed by atoms with Crippen LogP contribution in [0, 0.1) is 5.82 Å². The highest BCUT2D eigenvalue weighted by Gasteiger charge is 2.41. The van der Waals surface area contributed by atoms with E-state index in [0.29, 0.717) is 19.4 Å². The molecule has 0 aromatic heterocycles. The number of benzene rings is 2. The molecule has 0 saturated carbocycles. The van der Waals surface area contributed by atoms with Gasteiger partial charge in [-0.25, -0.2) is 4.39 Å². The van der Waals surface area contributed by atoms with Gasteiger partial charge in [0.25, 0.3) is 0 Å². The van der Waals surface area contributed by atoms with E-state index in [1.54, 1.807) is 12.1 Å². The molecule has 0 aliphatic carbocycles. The third-order valence-corrected chi connectivity index (χ3v) is 6.46. The summed E-state index contributed by atoms with van der Waals surface area (Å²) in [6.07, 6.45) is 3.43. The number of halogens is 2. The van der Waals surface area contributed by atoms with E-state index in [2.05, 4.69) is 35.0 Å². The summed E-state index contributed by atoms with van der Waals surface area (Å²) in [7, 11) is 0. The maximum Gasteiger partial charge on any atom is 0.223 e. The lowest BCUT2D eigenvalue weighted by Gasteiger charge is -2.44. The van der Waals surface area contributed by atoms with Crippen LogP contribution in [-0.4, -0.2) is 29.1 Å². The Hall–Kier alpha value is -1.72. The van der Waals surface area contributed by atoms with Crippen LogP contribution in [0.3, 0.4) is 0 Å². The molecule has 1 N–H and O–H groups in total. The van der Waals surface area contributed by atoms with Crippen LogP contribution in [0.2, 0.25) is 0 Å².